The van der Waals surface area contributed by atoms with Crippen LogP contribution in [0.1, 0.15) is 11.5 Å². The summed E-state index contributed by atoms with van der Waals surface area (Å²) in [6, 6.07) is 13.9. The first-order valence-corrected chi connectivity index (χ1v) is 6.82. The van der Waals surface area contributed by atoms with E-state index >= 15 is 0 Å². The monoisotopic (exact) mass is 278 g/mol. The minimum Gasteiger partial charge on any atom is -0.467 e. The number of nitrogens with one attached hydrogen (secondary N) is 1. The highest BCUT2D eigenvalue weighted by Gasteiger charge is 2.10. The Balaban J connectivity index is 1.86. The van der Waals surface area contributed by atoms with Gasteiger partial charge in [-0.25, -0.2) is 9.97 Å². The summed E-state index contributed by atoms with van der Waals surface area (Å²) in [6.45, 7) is 2.59. The molecule has 5 heteroatoms. The van der Waals surface area contributed by atoms with Crippen molar-refractivity contribution in [2.75, 3.05) is 5.32 Å². The zero-order valence-electron chi connectivity index (χ0n) is 11.6. The first-order chi connectivity index (χ1) is 10.3. The number of rotatable bonds is 3. The second-order valence-electron chi connectivity index (χ2n) is 4.95. The summed E-state index contributed by atoms with van der Waals surface area (Å²) in [5.74, 6) is 2.56. The molecule has 0 bridgehead atoms. The van der Waals surface area contributed by atoms with Crippen molar-refractivity contribution in [3.63, 3.8) is 0 Å². The maximum absolute atomic E-state index is 5.36. The van der Waals surface area contributed by atoms with E-state index in [1.54, 1.807) is 6.26 Å². The van der Waals surface area contributed by atoms with Gasteiger partial charge >= 0.3 is 0 Å². The molecule has 104 valence electrons. The second-order valence-corrected chi connectivity index (χ2v) is 4.95. The number of furan rings is 1. The molecular formula is C16H14N4O. The number of imidazole rings is 1. The molecule has 21 heavy (non-hydrogen) atoms. The van der Waals surface area contributed by atoms with Gasteiger partial charge in [-0.1, -0.05) is 12.1 Å². The van der Waals surface area contributed by atoms with Crippen LogP contribution in [-0.2, 0) is 6.54 Å². The SMILES string of the molecule is Cc1cc(NCc2ccco2)n2c(n1)nc1ccccc12. The van der Waals surface area contributed by atoms with Crippen molar-refractivity contribution in [2.45, 2.75) is 13.5 Å². The summed E-state index contributed by atoms with van der Waals surface area (Å²) in [5, 5.41) is 3.40. The van der Waals surface area contributed by atoms with Gasteiger partial charge in [0.25, 0.3) is 0 Å². The van der Waals surface area contributed by atoms with Crippen molar-refractivity contribution in [2.24, 2.45) is 0 Å². The van der Waals surface area contributed by atoms with E-state index in [4.69, 9.17) is 4.42 Å². The van der Waals surface area contributed by atoms with Crippen LogP contribution in [-0.4, -0.2) is 14.4 Å². The molecule has 0 fully saturated rings. The van der Waals surface area contributed by atoms with Crippen LogP contribution in [0, 0.1) is 6.92 Å². The predicted molar refractivity (Wildman–Crippen MR) is 81.3 cm³/mol. The van der Waals surface area contributed by atoms with Gasteiger partial charge in [0.2, 0.25) is 5.78 Å². The molecule has 5 nitrogen and oxygen atoms in total. The van der Waals surface area contributed by atoms with Crippen molar-refractivity contribution >= 4 is 22.6 Å². The number of hydrogen-bond acceptors (Lipinski definition) is 4. The van der Waals surface area contributed by atoms with Crippen LogP contribution in [0.15, 0.2) is 53.1 Å². The van der Waals surface area contributed by atoms with Gasteiger partial charge in [0.05, 0.1) is 23.8 Å². The lowest BCUT2D eigenvalue weighted by Gasteiger charge is -2.09. The summed E-state index contributed by atoms with van der Waals surface area (Å²) in [4.78, 5) is 9.08. The standard InChI is InChI=1S/C16H14N4O/c1-11-9-15(17-10-12-5-4-8-21-12)20-14-7-3-2-6-13(14)19-16(20)18-11/h2-9,17H,10H2,1H3. The van der Waals surface area contributed by atoms with Crippen molar-refractivity contribution in [1.82, 2.24) is 14.4 Å². The molecule has 0 spiro atoms. The number of nitrogens with zero attached hydrogens (tertiary/aromatic N) is 3. The van der Waals surface area contributed by atoms with Crippen LogP contribution in [0.25, 0.3) is 16.8 Å². The highest BCUT2D eigenvalue weighted by atomic mass is 16.3. The average molecular weight is 278 g/mol. The molecule has 3 heterocycles. The van der Waals surface area contributed by atoms with Crippen LogP contribution in [0.4, 0.5) is 5.82 Å². The fourth-order valence-corrected chi connectivity index (χ4v) is 2.50. The summed E-state index contributed by atoms with van der Waals surface area (Å²) in [6.07, 6.45) is 1.68. The molecule has 1 aromatic carbocycles. The molecule has 0 atom stereocenters. The van der Waals surface area contributed by atoms with Gasteiger partial charge in [-0.05, 0) is 31.2 Å². The molecule has 0 aliphatic carbocycles. The van der Waals surface area contributed by atoms with Crippen LogP contribution in [0.2, 0.25) is 0 Å². The molecule has 4 rings (SSSR count). The molecule has 4 aromatic rings. The van der Waals surface area contributed by atoms with Crippen molar-refractivity contribution in [3.8, 4) is 0 Å². The van der Waals surface area contributed by atoms with Crippen molar-refractivity contribution in [3.05, 3.63) is 60.2 Å². The highest BCUT2D eigenvalue weighted by Crippen LogP contribution is 2.21. The number of aromatic nitrogens is 3. The van der Waals surface area contributed by atoms with Crippen LogP contribution >= 0.6 is 0 Å². The Bertz CT molecular complexity index is 909. The quantitative estimate of drug-likeness (QED) is 0.624. The number of fused-ring (bicyclic) bond motifs is 3. The van der Waals surface area contributed by atoms with E-state index < -0.39 is 0 Å². The third-order valence-electron chi connectivity index (χ3n) is 3.43. The molecule has 3 aromatic heterocycles. The predicted octanol–water partition coefficient (Wildman–Crippen LogP) is 3.40. The topological polar surface area (TPSA) is 55.4 Å². The third-order valence-corrected chi connectivity index (χ3v) is 3.43. The molecule has 0 amide bonds. The number of aryl methyl sites for hydroxylation is 1. The summed E-state index contributed by atoms with van der Waals surface area (Å²) < 4.78 is 7.40. The fraction of sp³-hybridized carbons (Fsp3) is 0.125. The van der Waals surface area contributed by atoms with Gasteiger partial charge in [-0.15, -0.1) is 0 Å². The highest BCUT2D eigenvalue weighted by molar-refractivity contribution is 5.81. The fourth-order valence-electron chi connectivity index (χ4n) is 2.50. The molecule has 0 saturated carbocycles. The lowest BCUT2D eigenvalue weighted by molar-refractivity contribution is 0.517. The number of hydrogen-bond donors (Lipinski definition) is 1. The number of benzene rings is 1. The number of anilines is 1. The summed E-state index contributed by atoms with van der Waals surface area (Å²) in [7, 11) is 0. The van der Waals surface area contributed by atoms with E-state index in [0.717, 1.165) is 28.3 Å². The Morgan fingerprint density at radius 3 is 2.90 bits per heavy atom. The van der Waals surface area contributed by atoms with E-state index in [0.29, 0.717) is 12.3 Å². The van der Waals surface area contributed by atoms with Crippen molar-refractivity contribution in [1.29, 1.82) is 0 Å². The summed E-state index contributed by atoms with van der Waals surface area (Å²) in [5.41, 5.74) is 2.92. The van der Waals surface area contributed by atoms with E-state index in [2.05, 4.69) is 15.3 Å². The van der Waals surface area contributed by atoms with Gasteiger partial charge in [-0.3, -0.25) is 4.40 Å². The zero-order chi connectivity index (χ0) is 14.2. The normalized spacial score (nSPS) is 11.3. The second kappa shape index (κ2) is 4.63. The van der Waals surface area contributed by atoms with Gasteiger partial charge in [0, 0.05) is 11.8 Å². The molecule has 0 unspecified atom stereocenters. The zero-order valence-corrected chi connectivity index (χ0v) is 11.6. The van der Waals surface area contributed by atoms with Crippen molar-refractivity contribution < 1.29 is 4.42 Å². The Morgan fingerprint density at radius 2 is 2.05 bits per heavy atom. The van der Waals surface area contributed by atoms with E-state index in [1.807, 2.05) is 53.8 Å². The van der Waals surface area contributed by atoms with E-state index in [-0.39, 0.29) is 0 Å². The van der Waals surface area contributed by atoms with Gasteiger partial charge in [-0.2, -0.15) is 0 Å². The molecule has 0 aliphatic rings. The molecule has 0 saturated heterocycles. The molecule has 0 radical (unpaired) electrons. The maximum Gasteiger partial charge on any atom is 0.236 e. The lowest BCUT2D eigenvalue weighted by Crippen LogP contribution is -2.05. The van der Waals surface area contributed by atoms with Gasteiger partial charge < -0.3 is 9.73 Å². The Kier molecular flexibility index (Phi) is 2.64. The number of para-hydroxylation sites is 2. The third kappa shape index (κ3) is 2.03. The molecule has 0 aliphatic heterocycles. The first kappa shape index (κ1) is 12.0. The maximum atomic E-state index is 5.36. The average Bonchev–Trinajstić information content (AvgIpc) is 3.11. The van der Waals surface area contributed by atoms with Crippen LogP contribution in [0.5, 0.6) is 0 Å². The smallest absolute Gasteiger partial charge is 0.236 e. The van der Waals surface area contributed by atoms with Gasteiger partial charge in [0.15, 0.2) is 0 Å². The minimum atomic E-state index is 0.623. The van der Waals surface area contributed by atoms with Crippen LogP contribution < -0.4 is 5.32 Å². The lowest BCUT2D eigenvalue weighted by atomic mass is 10.3. The molecular weight excluding hydrogens is 264 g/mol. The Morgan fingerprint density at radius 1 is 1.14 bits per heavy atom. The van der Waals surface area contributed by atoms with E-state index in [1.165, 1.54) is 0 Å². The Hall–Kier alpha value is -2.82. The summed E-state index contributed by atoms with van der Waals surface area (Å²) >= 11 is 0. The van der Waals surface area contributed by atoms with E-state index in [9.17, 15) is 0 Å². The Labute approximate surface area is 121 Å². The van der Waals surface area contributed by atoms with Gasteiger partial charge in [0.1, 0.15) is 11.6 Å². The van der Waals surface area contributed by atoms with Crippen LogP contribution in [0.3, 0.4) is 0 Å². The largest absolute Gasteiger partial charge is 0.467 e. The minimum absolute atomic E-state index is 0.623. The molecule has 1 N–H and O–H groups in total. The first-order valence-electron chi connectivity index (χ1n) is 6.82.